The van der Waals surface area contributed by atoms with E-state index in [0.717, 1.165) is 24.3 Å². The van der Waals surface area contributed by atoms with Crippen molar-refractivity contribution in [2.75, 3.05) is 27.3 Å². The summed E-state index contributed by atoms with van der Waals surface area (Å²) in [6.45, 7) is 9.54. The quantitative estimate of drug-likeness (QED) is 0.647. The van der Waals surface area contributed by atoms with Crippen LogP contribution in [-0.4, -0.2) is 44.4 Å². The third-order valence-electron chi connectivity index (χ3n) is 3.47. The Morgan fingerprint density at radius 2 is 2.00 bits per heavy atom. The molecule has 0 amide bonds. The molecule has 0 N–H and O–H groups in total. The minimum Gasteiger partial charge on any atom is -0.491 e. The van der Waals surface area contributed by atoms with Gasteiger partial charge in [-0.05, 0) is 38.9 Å². The van der Waals surface area contributed by atoms with Gasteiger partial charge in [0.25, 0.3) is 0 Å². The van der Waals surface area contributed by atoms with Crippen LogP contribution in [0.1, 0.15) is 19.4 Å². The van der Waals surface area contributed by atoms with Crippen molar-refractivity contribution in [1.82, 2.24) is 4.90 Å². The van der Waals surface area contributed by atoms with Crippen LogP contribution in [0.5, 0.6) is 5.75 Å². The third kappa shape index (κ3) is 5.35. The monoisotopic (exact) mass is 277 g/mol. The number of allylic oxidation sites excluding steroid dienone is 1. The Balaban J connectivity index is 2.58. The summed E-state index contributed by atoms with van der Waals surface area (Å²) in [4.78, 5) is 2.26. The van der Waals surface area contributed by atoms with Crippen LogP contribution in [0.2, 0.25) is 0 Å². The summed E-state index contributed by atoms with van der Waals surface area (Å²) in [5.41, 5.74) is 1.16. The van der Waals surface area contributed by atoms with E-state index in [1.165, 1.54) is 0 Å². The highest BCUT2D eigenvalue weighted by molar-refractivity contribution is 5.34. The van der Waals surface area contributed by atoms with Crippen molar-refractivity contribution >= 4 is 0 Å². The van der Waals surface area contributed by atoms with Crippen molar-refractivity contribution < 1.29 is 9.47 Å². The predicted octanol–water partition coefficient (Wildman–Crippen LogP) is 3.15. The van der Waals surface area contributed by atoms with Gasteiger partial charge in [0.2, 0.25) is 0 Å². The van der Waals surface area contributed by atoms with Gasteiger partial charge in [-0.3, -0.25) is 0 Å². The fourth-order valence-corrected chi connectivity index (χ4v) is 1.88. The zero-order valence-electron chi connectivity index (χ0n) is 13.1. The molecular formula is C17H27NO2. The van der Waals surface area contributed by atoms with Crippen molar-refractivity contribution in [3.05, 3.63) is 42.5 Å². The second-order valence-corrected chi connectivity index (χ2v) is 5.30. The Morgan fingerprint density at radius 1 is 1.30 bits per heavy atom. The van der Waals surface area contributed by atoms with E-state index in [-0.39, 0.29) is 6.10 Å². The molecule has 0 fully saturated rings. The highest BCUT2D eigenvalue weighted by atomic mass is 16.5. The van der Waals surface area contributed by atoms with E-state index in [1.54, 1.807) is 7.11 Å². The lowest BCUT2D eigenvalue weighted by Crippen LogP contribution is -2.38. The topological polar surface area (TPSA) is 21.7 Å². The van der Waals surface area contributed by atoms with Crippen molar-refractivity contribution in [3.8, 4) is 5.75 Å². The first-order valence-corrected chi connectivity index (χ1v) is 7.13. The number of ether oxygens (including phenoxy) is 2. The molecule has 0 spiro atoms. The zero-order chi connectivity index (χ0) is 15.0. The number of hydrogen-bond donors (Lipinski definition) is 0. The molecule has 1 aromatic rings. The molecule has 0 saturated heterocycles. The van der Waals surface area contributed by atoms with Gasteiger partial charge in [-0.25, -0.2) is 0 Å². The van der Waals surface area contributed by atoms with Crippen LogP contribution < -0.4 is 4.74 Å². The Bertz CT molecular complexity index is 404. The number of hydrogen-bond acceptors (Lipinski definition) is 3. The van der Waals surface area contributed by atoms with Gasteiger partial charge in [-0.2, -0.15) is 0 Å². The number of nitrogens with zero attached hydrogens (tertiary/aromatic N) is 1. The van der Waals surface area contributed by atoms with Crippen molar-refractivity contribution in [3.63, 3.8) is 0 Å². The van der Waals surface area contributed by atoms with Gasteiger partial charge in [-0.1, -0.05) is 24.3 Å². The van der Waals surface area contributed by atoms with Gasteiger partial charge in [0.15, 0.2) is 0 Å². The Morgan fingerprint density at radius 3 is 2.60 bits per heavy atom. The first-order valence-electron chi connectivity index (χ1n) is 7.13. The SMILES string of the molecule is C=CCc1ccccc1OCC(CN(C)C(C)C)OC. The molecule has 0 radical (unpaired) electrons. The van der Waals surface area contributed by atoms with Gasteiger partial charge in [0.05, 0.1) is 0 Å². The van der Waals surface area contributed by atoms with Crippen LogP contribution in [0.25, 0.3) is 0 Å². The molecule has 0 heterocycles. The van der Waals surface area contributed by atoms with Crippen LogP contribution in [0, 0.1) is 0 Å². The van der Waals surface area contributed by atoms with Crippen molar-refractivity contribution in [2.24, 2.45) is 0 Å². The lowest BCUT2D eigenvalue weighted by Gasteiger charge is -2.26. The summed E-state index contributed by atoms with van der Waals surface area (Å²) in [7, 11) is 3.83. The average molecular weight is 277 g/mol. The number of methoxy groups -OCH3 is 1. The van der Waals surface area contributed by atoms with Gasteiger partial charge in [0.1, 0.15) is 18.5 Å². The predicted molar refractivity (Wildman–Crippen MR) is 84.4 cm³/mol. The highest BCUT2D eigenvalue weighted by Gasteiger charge is 2.14. The first kappa shape index (κ1) is 16.7. The van der Waals surface area contributed by atoms with Crippen molar-refractivity contribution in [2.45, 2.75) is 32.4 Å². The minimum absolute atomic E-state index is 0.0687. The molecule has 3 nitrogen and oxygen atoms in total. The molecule has 1 unspecified atom stereocenters. The molecule has 0 bridgehead atoms. The zero-order valence-corrected chi connectivity index (χ0v) is 13.1. The van der Waals surface area contributed by atoms with E-state index in [9.17, 15) is 0 Å². The van der Waals surface area contributed by atoms with Gasteiger partial charge >= 0.3 is 0 Å². The fraction of sp³-hybridized carbons (Fsp3) is 0.529. The lowest BCUT2D eigenvalue weighted by atomic mass is 10.1. The Kier molecular flexibility index (Phi) is 7.34. The third-order valence-corrected chi connectivity index (χ3v) is 3.47. The maximum absolute atomic E-state index is 5.92. The molecule has 0 aliphatic carbocycles. The van der Waals surface area contributed by atoms with Gasteiger partial charge in [-0.15, -0.1) is 6.58 Å². The van der Waals surface area contributed by atoms with Crippen LogP contribution >= 0.6 is 0 Å². The van der Waals surface area contributed by atoms with E-state index in [1.807, 2.05) is 24.3 Å². The lowest BCUT2D eigenvalue weighted by molar-refractivity contribution is 0.0289. The molecule has 1 aromatic carbocycles. The number of para-hydroxylation sites is 1. The molecule has 0 saturated carbocycles. The molecule has 0 aliphatic heterocycles. The molecule has 0 aromatic heterocycles. The largest absolute Gasteiger partial charge is 0.491 e. The number of benzene rings is 1. The van der Waals surface area contributed by atoms with E-state index in [0.29, 0.717) is 12.6 Å². The maximum Gasteiger partial charge on any atom is 0.122 e. The second kappa shape index (κ2) is 8.77. The summed E-state index contributed by atoms with van der Waals surface area (Å²) in [5.74, 6) is 0.918. The maximum atomic E-state index is 5.92. The van der Waals surface area contributed by atoms with Gasteiger partial charge < -0.3 is 14.4 Å². The molecule has 1 rings (SSSR count). The van der Waals surface area contributed by atoms with Crippen LogP contribution in [-0.2, 0) is 11.2 Å². The summed E-state index contributed by atoms with van der Waals surface area (Å²) in [5, 5.41) is 0. The van der Waals surface area contributed by atoms with Crippen LogP contribution in [0.4, 0.5) is 0 Å². The van der Waals surface area contributed by atoms with E-state index >= 15 is 0 Å². The summed E-state index contributed by atoms with van der Waals surface area (Å²) >= 11 is 0. The standard InChI is InChI=1S/C17H27NO2/c1-6-9-15-10-7-8-11-17(15)20-13-16(19-5)12-18(4)14(2)3/h6-8,10-11,14,16H,1,9,12-13H2,2-5H3. The summed E-state index contributed by atoms with van der Waals surface area (Å²) in [6, 6.07) is 8.58. The highest BCUT2D eigenvalue weighted by Crippen LogP contribution is 2.19. The van der Waals surface area contributed by atoms with Crippen molar-refractivity contribution in [1.29, 1.82) is 0 Å². The smallest absolute Gasteiger partial charge is 0.122 e. The van der Waals surface area contributed by atoms with Gasteiger partial charge in [0, 0.05) is 19.7 Å². The van der Waals surface area contributed by atoms with E-state index < -0.39 is 0 Å². The summed E-state index contributed by atoms with van der Waals surface area (Å²) in [6.07, 6.45) is 2.78. The molecule has 1 atom stereocenters. The van der Waals surface area contributed by atoms with E-state index in [4.69, 9.17) is 9.47 Å². The fourth-order valence-electron chi connectivity index (χ4n) is 1.88. The Labute approximate surface area is 123 Å². The number of rotatable bonds is 9. The molecule has 112 valence electrons. The molecule has 20 heavy (non-hydrogen) atoms. The molecule has 3 heteroatoms. The molecular weight excluding hydrogens is 250 g/mol. The normalized spacial score (nSPS) is 12.7. The van der Waals surface area contributed by atoms with Crippen LogP contribution in [0.15, 0.2) is 36.9 Å². The Hall–Kier alpha value is -1.32. The second-order valence-electron chi connectivity index (χ2n) is 5.30. The molecule has 0 aliphatic rings. The average Bonchev–Trinajstić information content (AvgIpc) is 2.44. The van der Waals surface area contributed by atoms with Crippen LogP contribution in [0.3, 0.4) is 0 Å². The number of likely N-dealkylation sites (N-methyl/N-ethyl adjacent to an activating group) is 1. The first-order chi connectivity index (χ1) is 9.58. The minimum atomic E-state index is 0.0687. The summed E-state index contributed by atoms with van der Waals surface area (Å²) < 4.78 is 11.4. The van der Waals surface area contributed by atoms with E-state index in [2.05, 4.69) is 38.4 Å².